The first-order valence-electron chi connectivity index (χ1n) is 6.86. The van der Waals surface area contributed by atoms with Crippen LogP contribution >= 0.6 is 27.5 Å². The molecule has 0 spiro atoms. The quantitative estimate of drug-likeness (QED) is 0.823. The van der Waals surface area contributed by atoms with Gasteiger partial charge in [-0.1, -0.05) is 40.4 Å². The molecule has 1 fully saturated rings. The van der Waals surface area contributed by atoms with Crippen molar-refractivity contribution in [2.45, 2.75) is 31.7 Å². The molecule has 3 nitrogen and oxygen atoms in total. The van der Waals surface area contributed by atoms with Crippen LogP contribution in [0.15, 0.2) is 18.2 Å². The average Bonchev–Trinajstić information content (AvgIpc) is 2.47. The van der Waals surface area contributed by atoms with Crippen molar-refractivity contribution in [1.82, 2.24) is 5.32 Å². The molecule has 1 aromatic carbocycles. The Hall–Kier alpha value is -0.740. The van der Waals surface area contributed by atoms with Gasteiger partial charge < -0.3 is 10.1 Å². The summed E-state index contributed by atoms with van der Waals surface area (Å²) in [6.45, 7) is 0. The highest BCUT2D eigenvalue weighted by Gasteiger charge is 2.26. The molecule has 1 N–H and O–H groups in total. The Labute approximate surface area is 133 Å². The lowest BCUT2D eigenvalue weighted by Crippen LogP contribution is -2.42. The van der Waals surface area contributed by atoms with E-state index in [0.29, 0.717) is 22.3 Å². The van der Waals surface area contributed by atoms with Crippen LogP contribution in [0.1, 0.15) is 36.0 Å². The third-order valence-electron chi connectivity index (χ3n) is 3.83. The van der Waals surface area contributed by atoms with E-state index in [1.54, 1.807) is 25.3 Å². The smallest absolute Gasteiger partial charge is 0.255 e. The van der Waals surface area contributed by atoms with E-state index in [1.165, 1.54) is 12.8 Å². The lowest BCUT2D eigenvalue weighted by molar-refractivity contribution is 0.0908. The van der Waals surface area contributed by atoms with Gasteiger partial charge in [0, 0.05) is 16.4 Å². The van der Waals surface area contributed by atoms with Gasteiger partial charge >= 0.3 is 0 Å². The first-order chi connectivity index (χ1) is 9.65. The second-order valence-electron chi connectivity index (χ2n) is 5.12. The second-order valence-corrected chi connectivity index (χ2v) is 6.21. The number of amides is 1. The van der Waals surface area contributed by atoms with Crippen LogP contribution in [0.25, 0.3) is 0 Å². The molecular weight excluding hydrogens is 342 g/mol. The molecule has 0 aromatic heterocycles. The average molecular weight is 361 g/mol. The van der Waals surface area contributed by atoms with E-state index in [0.717, 1.165) is 18.2 Å². The number of carbonyl (C=O) groups is 1. The molecule has 2 atom stereocenters. The Morgan fingerprint density at radius 1 is 1.45 bits per heavy atom. The molecule has 1 aromatic rings. The standard InChI is InChI=1S/C15H19BrClNO2/c1-20-14-7-6-11(17)8-12(14)15(19)18-13-5-3-2-4-10(13)9-16/h6-8,10,13H,2-5,9H2,1H3,(H,18,19). The van der Waals surface area contributed by atoms with Crippen LogP contribution in [0.4, 0.5) is 0 Å². The van der Waals surface area contributed by atoms with Gasteiger partial charge in [-0.15, -0.1) is 0 Å². The molecule has 0 heterocycles. The molecule has 110 valence electrons. The summed E-state index contributed by atoms with van der Waals surface area (Å²) >= 11 is 9.51. The zero-order valence-electron chi connectivity index (χ0n) is 11.5. The van der Waals surface area contributed by atoms with Crippen molar-refractivity contribution >= 4 is 33.4 Å². The zero-order valence-corrected chi connectivity index (χ0v) is 13.8. The van der Waals surface area contributed by atoms with E-state index in [4.69, 9.17) is 16.3 Å². The van der Waals surface area contributed by atoms with Crippen molar-refractivity contribution in [2.24, 2.45) is 5.92 Å². The van der Waals surface area contributed by atoms with Crippen LogP contribution in [0.5, 0.6) is 5.75 Å². The Morgan fingerprint density at radius 3 is 2.90 bits per heavy atom. The number of methoxy groups -OCH3 is 1. The number of alkyl halides is 1. The van der Waals surface area contributed by atoms with Gasteiger partial charge in [0.2, 0.25) is 0 Å². The van der Waals surface area contributed by atoms with Crippen molar-refractivity contribution in [3.05, 3.63) is 28.8 Å². The number of benzene rings is 1. The number of carbonyl (C=O) groups excluding carboxylic acids is 1. The van der Waals surface area contributed by atoms with E-state index in [1.807, 2.05) is 0 Å². The molecule has 2 unspecified atom stereocenters. The highest BCUT2D eigenvalue weighted by molar-refractivity contribution is 9.09. The summed E-state index contributed by atoms with van der Waals surface area (Å²) in [6, 6.07) is 5.32. The number of halogens is 2. The van der Waals surface area contributed by atoms with Gasteiger partial charge in [0.25, 0.3) is 5.91 Å². The third kappa shape index (κ3) is 3.67. The maximum absolute atomic E-state index is 12.4. The van der Waals surface area contributed by atoms with Crippen LogP contribution in [0.3, 0.4) is 0 Å². The van der Waals surface area contributed by atoms with Crippen LogP contribution in [0.2, 0.25) is 5.02 Å². The molecule has 1 saturated carbocycles. The molecular formula is C15H19BrClNO2. The molecule has 0 radical (unpaired) electrons. The fourth-order valence-electron chi connectivity index (χ4n) is 2.69. The van der Waals surface area contributed by atoms with E-state index in [-0.39, 0.29) is 11.9 Å². The van der Waals surface area contributed by atoms with Crippen molar-refractivity contribution in [2.75, 3.05) is 12.4 Å². The summed E-state index contributed by atoms with van der Waals surface area (Å²) in [4.78, 5) is 12.4. The minimum Gasteiger partial charge on any atom is -0.496 e. The van der Waals surface area contributed by atoms with Crippen LogP contribution < -0.4 is 10.1 Å². The molecule has 0 aliphatic heterocycles. The van der Waals surface area contributed by atoms with Crippen LogP contribution in [-0.2, 0) is 0 Å². The Kier molecular flexibility index (Phi) is 5.73. The Bertz CT molecular complexity index is 481. The van der Waals surface area contributed by atoms with Gasteiger partial charge in [-0.05, 0) is 37.0 Å². The fraction of sp³-hybridized carbons (Fsp3) is 0.533. The van der Waals surface area contributed by atoms with Crippen molar-refractivity contribution in [3.63, 3.8) is 0 Å². The first-order valence-corrected chi connectivity index (χ1v) is 8.36. The predicted octanol–water partition coefficient (Wildman–Crippen LogP) is 4.03. The molecule has 1 aliphatic carbocycles. The van der Waals surface area contributed by atoms with E-state index in [9.17, 15) is 4.79 Å². The summed E-state index contributed by atoms with van der Waals surface area (Å²) < 4.78 is 5.24. The van der Waals surface area contributed by atoms with Crippen molar-refractivity contribution < 1.29 is 9.53 Å². The fourth-order valence-corrected chi connectivity index (χ4v) is 3.63. The molecule has 1 amide bonds. The molecule has 0 saturated heterocycles. The minimum absolute atomic E-state index is 0.109. The molecule has 20 heavy (non-hydrogen) atoms. The summed E-state index contributed by atoms with van der Waals surface area (Å²) in [7, 11) is 1.56. The first kappa shape index (κ1) is 15.6. The highest BCUT2D eigenvalue weighted by Crippen LogP contribution is 2.27. The van der Waals surface area contributed by atoms with Gasteiger partial charge in [0.15, 0.2) is 0 Å². The predicted molar refractivity (Wildman–Crippen MR) is 85.0 cm³/mol. The summed E-state index contributed by atoms with van der Waals surface area (Å²) in [6.07, 6.45) is 4.60. The SMILES string of the molecule is COc1ccc(Cl)cc1C(=O)NC1CCCCC1CBr. The maximum atomic E-state index is 12.4. The maximum Gasteiger partial charge on any atom is 0.255 e. The summed E-state index contributed by atoms with van der Waals surface area (Å²) in [5.74, 6) is 0.943. The largest absolute Gasteiger partial charge is 0.496 e. The highest BCUT2D eigenvalue weighted by atomic mass is 79.9. The lowest BCUT2D eigenvalue weighted by Gasteiger charge is -2.31. The number of rotatable bonds is 4. The number of hydrogen-bond donors (Lipinski definition) is 1. The van der Waals surface area contributed by atoms with Gasteiger partial charge in [0.1, 0.15) is 5.75 Å². The summed E-state index contributed by atoms with van der Waals surface area (Å²) in [5, 5.41) is 4.59. The lowest BCUT2D eigenvalue weighted by atomic mass is 9.86. The van der Waals surface area contributed by atoms with Gasteiger partial charge in [-0.2, -0.15) is 0 Å². The van der Waals surface area contributed by atoms with Gasteiger partial charge in [0.05, 0.1) is 12.7 Å². The number of nitrogens with one attached hydrogen (secondary N) is 1. The monoisotopic (exact) mass is 359 g/mol. The van der Waals surface area contributed by atoms with Gasteiger partial charge in [-0.3, -0.25) is 4.79 Å². The minimum atomic E-state index is -0.109. The van der Waals surface area contributed by atoms with E-state index >= 15 is 0 Å². The number of ether oxygens (including phenoxy) is 1. The topological polar surface area (TPSA) is 38.3 Å². The van der Waals surface area contributed by atoms with E-state index < -0.39 is 0 Å². The van der Waals surface area contributed by atoms with Crippen LogP contribution in [-0.4, -0.2) is 24.4 Å². The second kappa shape index (κ2) is 7.32. The Morgan fingerprint density at radius 2 is 2.20 bits per heavy atom. The van der Waals surface area contributed by atoms with E-state index in [2.05, 4.69) is 21.2 Å². The van der Waals surface area contributed by atoms with Crippen LogP contribution in [0, 0.1) is 5.92 Å². The molecule has 5 heteroatoms. The molecule has 0 bridgehead atoms. The summed E-state index contributed by atoms with van der Waals surface area (Å²) in [5.41, 5.74) is 0.499. The zero-order chi connectivity index (χ0) is 14.5. The number of hydrogen-bond acceptors (Lipinski definition) is 2. The van der Waals surface area contributed by atoms with Crippen molar-refractivity contribution in [3.8, 4) is 5.75 Å². The molecule has 1 aliphatic rings. The van der Waals surface area contributed by atoms with Crippen molar-refractivity contribution in [1.29, 1.82) is 0 Å². The van der Waals surface area contributed by atoms with Gasteiger partial charge in [-0.25, -0.2) is 0 Å². The molecule has 2 rings (SSSR count). The Balaban J connectivity index is 2.13. The third-order valence-corrected chi connectivity index (χ3v) is 4.90. The normalized spacial score (nSPS) is 22.4.